The van der Waals surface area contributed by atoms with Crippen LogP contribution in [0.25, 0.3) is 0 Å². The molecule has 1 heterocycles. The number of aliphatic carboxylic acids is 2. The van der Waals surface area contributed by atoms with Crippen molar-refractivity contribution < 1.29 is 39.3 Å². The number of aromatic hydroxyl groups is 1. The number of urea groups is 1. The Labute approximate surface area is 272 Å². The van der Waals surface area contributed by atoms with Crippen LogP contribution in [0.5, 0.6) is 5.75 Å². The van der Waals surface area contributed by atoms with E-state index in [1.165, 1.54) is 23.9 Å². The Hall–Kier alpha value is -4.30. The predicted molar refractivity (Wildman–Crippen MR) is 176 cm³/mol. The van der Waals surface area contributed by atoms with Crippen LogP contribution in [0, 0.1) is 5.41 Å². The first-order valence-electron chi connectivity index (χ1n) is 14.9. The van der Waals surface area contributed by atoms with Gasteiger partial charge in [0.2, 0.25) is 11.8 Å². The van der Waals surface area contributed by atoms with E-state index >= 15 is 0 Å². The third-order valence-corrected chi connectivity index (χ3v) is 8.48. The normalized spacial score (nSPS) is 17.8. The van der Waals surface area contributed by atoms with Gasteiger partial charge in [-0.3, -0.25) is 14.5 Å². The quantitative estimate of drug-likeness (QED) is 0.117. The first-order chi connectivity index (χ1) is 21.6. The predicted octanol–water partition coefficient (Wildman–Crippen LogP) is 3.52. The van der Waals surface area contributed by atoms with Crippen LogP contribution in [-0.4, -0.2) is 93.2 Å². The fourth-order valence-corrected chi connectivity index (χ4v) is 6.08. The number of carbonyl (C=O) groups excluding carboxylic acids is 3. The van der Waals surface area contributed by atoms with Crippen LogP contribution < -0.4 is 21.3 Å². The average Bonchev–Trinajstić information content (AvgIpc) is 3.35. The fraction of sp³-hybridized carbons (Fsp3) is 0.469. The molecule has 0 spiro atoms. The summed E-state index contributed by atoms with van der Waals surface area (Å²) in [4.78, 5) is 63.0. The van der Waals surface area contributed by atoms with E-state index in [2.05, 4.69) is 21.3 Å². The number of likely N-dealkylation sites (N-methyl/N-ethyl adjacent to an activating group) is 1. The molecule has 250 valence electrons. The van der Waals surface area contributed by atoms with E-state index in [-0.39, 0.29) is 47.3 Å². The number of carbonyl (C=O) groups is 5. The largest absolute Gasteiger partial charge is 0.508 e. The van der Waals surface area contributed by atoms with E-state index in [9.17, 15) is 39.3 Å². The van der Waals surface area contributed by atoms with E-state index in [1.807, 2.05) is 37.8 Å². The summed E-state index contributed by atoms with van der Waals surface area (Å²) in [6, 6.07) is 10.1. The van der Waals surface area contributed by atoms with Gasteiger partial charge in [-0.25, -0.2) is 14.4 Å². The molecule has 1 saturated heterocycles. The summed E-state index contributed by atoms with van der Waals surface area (Å²) in [5.74, 6) is -2.67. The SMILES string of the molecule is CN1CC(c2ccc(NC(=O)Nc3ccc(O)cc3)cc2)CC1C(=O)NC(CCSCC(NC(=O)CC(C)(C)C)C(=O)O)C(=O)O. The van der Waals surface area contributed by atoms with E-state index in [0.717, 1.165) is 5.56 Å². The van der Waals surface area contributed by atoms with Crippen LogP contribution in [0.1, 0.15) is 51.5 Å². The molecule has 4 atom stereocenters. The molecule has 0 aliphatic carbocycles. The number of likely N-dealkylation sites (tertiary alicyclic amines) is 1. The van der Waals surface area contributed by atoms with Crippen molar-refractivity contribution in [2.45, 2.75) is 64.1 Å². The number of benzene rings is 2. The molecule has 0 bridgehead atoms. The molecule has 14 heteroatoms. The van der Waals surface area contributed by atoms with Gasteiger partial charge >= 0.3 is 18.0 Å². The Morgan fingerprint density at radius 3 is 2.00 bits per heavy atom. The Kier molecular flexibility index (Phi) is 12.8. The number of phenolic OH excluding ortho intramolecular Hbond substituents is 1. The molecule has 7 N–H and O–H groups in total. The Morgan fingerprint density at radius 1 is 0.891 bits per heavy atom. The van der Waals surface area contributed by atoms with Gasteiger partial charge in [0.25, 0.3) is 0 Å². The maximum atomic E-state index is 13.1. The zero-order valence-electron chi connectivity index (χ0n) is 26.4. The number of rotatable bonds is 14. The van der Waals surface area contributed by atoms with Gasteiger partial charge in [-0.1, -0.05) is 32.9 Å². The number of hydrogen-bond donors (Lipinski definition) is 7. The highest BCUT2D eigenvalue weighted by Gasteiger charge is 2.36. The van der Waals surface area contributed by atoms with Crippen LogP contribution in [0.15, 0.2) is 48.5 Å². The van der Waals surface area contributed by atoms with Gasteiger partial charge in [0, 0.05) is 30.1 Å². The lowest BCUT2D eigenvalue weighted by atomic mass is 9.92. The van der Waals surface area contributed by atoms with Gasteiger partial charge in [0.15, 0.2) is 0 Å². The van der Waals surface area contributed by atoms with Crippen LogP contribution in [-0.2, 0) is 19.2 Å². The van der Waals surface area contributed by atoms with Gasteiger partial charge in [-0.2, -0.15) is 11.8 Å². The highest BCUT2D eigenvalue weighted by Crippen LogP contribution is 2.32. The van der Waals surface area contributed by atoms with Crippen molar-refractivity contribution in [3.05, 3.63) is 54.1 Å². The second kappa shape index (κ2) is 16.3. The van der Waals surface area contributed by atoms with Gasteiger partial charge in [0.1, 0.15) is 17.8 Å². The summed E-state index contributed by atoms with van der Waals surface area (Å²) >= 11 is 1.20. The third-order valence-electron chi connectivity index (χ3n) is 7.39. The van der Waals surface area contributed by atoms with Gasteiger partial charge in [-0.15, -0.1) is 0 Å². The summed E-state index contributed by atoms with van der Waals surface area (Å²) in [6.45, 7) is 6.21. The van der Waals surface area contributed by atoms with E-state index < -0.39 is 42.0 Å². The number of carboxylic acids is 2. The molecule has 2 aromatic carbocycles. The summed E-state index contributed by atoms with van der Waals surface area (Å²) in [7, 11) is 1.81. The van der Waals surface area contributed by atoms with Crippen LogP contribution in [0.2, 0.25) is 0 Å². The number of amides is 4. The number of phenols is 1. The maximum Gasteiger partial charge on any atom is 0.327 e. The first-order valence-corrected chi connectivity index (χ1v) is 16.1. The lowest BCUT2D eigenvalue weighted by molar-refractivity contribution is -0.142. The Morgan fingerprint density at radius 2 is 1.46 bits per heavy atom. The molecular weight excluding hydrogens is 614 g/mol. The molecule has 46 heavy (non-hydrogen) atoms. The molecule has 1 aliphatic rings. The van der Waals surface area contributed by atoms with Crippen LogP contribution in [0.3, 0.4) is 0 Å². The van der Waals surface area contributed by atoms with Crippen molar-refractivity contribution in [2.75, 3.05) is 35.7 Å². The molecule has 1 aliphatic heterocycles. The highest BCUT2D eigenvalue weighted by atomic mass is 32.2. The minimum Gasteiger partial charge on any atom is -0.508 e. The van der Waals surface area contributed by atoms with Crippen molar-refractivity contribution in [3.8, 4) is 5.75 Å². The number of anilines is 2. The van der Waals surface area contributed by atoms with Crippen LogP contribution >= 0.6 is 11.8 Å². The van der Waals surface area contributed by atoms with Gasteiger partial charge in [0.05, 0.1) is 6.04 Å². The van der Waals surface area contributed by atoms with Crippen molar-refractivity contribution in [1.82, 2.24) is 15.5 Å². The minimum absolute atomic E-state index is 0.0147. The molecule has 0 aromatic heterocycles. The molecule has 2 aromatic rings. The average molecular weight is 658 g/mol. The second-order valence-electron chi connectivity index (χ2n) is 12.6. The smallest absolute Gasteiger partial charge is 0.327 e. The summed E-state index contributed by atoms with van der Waals surface area (Å²) in [5.41, 5.74) is 1.78. The molecule has 3 rings (SSSR count). The molecule has 1 fully saturated rings. The Balaban J connectivity index is 1.47. The zero-order valence-corrected chi connectivity index (χ0v) is 27.2. The highest BCUT2D eigenvalue weighted by molar-refractivity contribution is 7.99. The number of thioether (sulfide) groups is 1. The summed E-state index contributed by atoms with van der Waals surface area (Å²) in [5, 5.41) is 39.2. The standard InChI is InChI=1S/C32H43N5O8S/c1-32(2,3)16-27(39)35-25(30(43)44)18-46-14-13-24(29(41)42)36-28(40)26-15-20(17-37(26)4)19-5-7-21(8-6-19)33-31(45)34-22-9-11-23(38)12-10-22/h5-12,20,24-26,38H,13-18H2,1-4H3,(H,35,39)(H,36,40)(H,41,42)(H,43,44)(H2,33,34,45). The molecule has 13 nitrogen and oxygen atoms in total. The topological polar surface area (TPSA) is 197 Å². The summed E-state index contributed by atoms with van der Waals surface area (Å²) < 4.78 is 0. The van der Waals surface area contributed by atoms with Gasteiger partial charge in [-0.05, 0) is 78.9 Å². The number of carboxylic acid groups (broad SMARTS) is 2. The van der Waals surface area contributed by atoms with E-state index in [1.54, 1.807) is 31.3 Å². The van der Waals surface area contributed by atoms with Crippen molar-refractivity contribution in [3.63, 3.8) is 0 Å². The lowest BCUT2D eigenvalue weighted by Crippen LogP contribution is -2.48. The van der Waals surface area contributed by atoms with Crippen molar-refractivity contribution in [2.24, 2.45) is 5.41 Å². The number of hydrogen-bond acceptors (Lipinski definition) is 8. The second-order valence-corrected chi connectivity index (χ2v) is 13.7. The molecule has 0 radical (unpaired) electrons. The molecular formula is C32H43N5O8S. The van der Waals surface area contributed by atoms with Crippen molar-refractivity contribution >= 4 is 52.9 Å². The molecule has 4 unspecified atom stereocenters. The molecule has 4 amide bonds. The van der Waals surface area contributed by atoms with E-state index in [0.29, 0.717) is 24.3 Å². The zero-order chi connectivity index (χ0) is 34.0. The lowest BCUT2D eigenvalue weighted by Gasteiger charge is -2.22. The summed E-state index contributed by atoms with van der Waals surface area (Å²) in [6.07, 6.45) is 0.740. The maximum absolute atomic E-state index is 13.1. The minimum atomic E-state index is -1.18. The third kappa shape index (κ3) is 11.6. The van der Waals surface area contributed by atoms with Gasteiger partial charge < -0.3 is 36.6 Å². The first kappa shape index (κ1) is 36.2. The van der Waals surface area contributed by atoms with E-state index in [4.69, 9.17) is 0 Å². The number of nitrogens with one attached hydrogen (secondary N) is 4. The molecule has 0 saturated carbocycles. The fourth-order valence-electron chi connectivity index (χ4n) is 5.05. The monoisotopic (exact) mass is 657 g/mol. The van der Waals surface area contributed by atoms with Crippen molar-refractivity contribution in [1.29, 1.82) is 0 Å². The number of nitrogens with zero attached hydrogens (tertiary/aromatic N) is 1. The van der Waals surface area contributed by atoms with Crippen LogP contribution in [0.4, 0.5) is 16.2 Å². The Bertz CT molecular complexity index is 1380.